The normalized spacial score (nSPS) is 19.1. The maximum absolute atomic E-state index is 13.8. The van der Waals surface area contributed by atoms with Gasteiger partial charge in [-0.2, -0.15) is 5.26 Å². The Bertz CT molecular complexity index is 459. The van der Waals surface area contributed by atoms with Gasteiger partial charge in [0.1, 0.15) is 11.6 Å². The van der Waals surface area contributed by atoms with Crippen LogP contribution in [0, 0.1) is 28.4 Å². The second-order valence-electron chi connectivity index (χ2n) is 4.87. The summed E-state index contributed by atoms with van der Waals surface area (Å²) in [6, 6.07) is 6.15. The molecule has 2 nitrogen and oxygen atoms in total. The Morgan fingerprint density at radius 2 is 1.79 bits per heavy atom. The number of benzene rings is 1. The van der Waals surface area contributed by atoms with Crippen molar-refractivity contribution in [3.63, 3.8) is 0 Å². The van der Waals surface area contributed by atoms with Gasteiger partial charge in [0.05, 0.1) is 11.5 Å². The lowest BCUT2D eigenvalue weighted by Crippen LogP contribution is -2.39. The summed E-state index contributed by atoms with van der Waals surface area (Å²) in [6.07, 6.45) is 1.25. The van der Waals surface area contributed by atoms with Gasteiger partial charge in [0, 0.05) is 11.5 Å². The highest BCUT2D eigenvalue weighted by molar-refractivity contribution is 5.85. The zero-order valence-corrected chi connectivity index (χ0v) is 11.6. The first-order valence-electron chi connectivity index (χ1n) is 6.16. The van der Waals surface area contributed by atoms with Crippen molar-refractivity contribution >= 4 is 12.4 Å². The van der Waals surface area contributed by atoms with Crippen LogP contribution in [0.5, 0.6) is 0 Å². The van der Waals surface area contributed by atoms with E-state index in [-0.39, 0.29) is 18.0 Å². The Labute approximate surface area is 118 Å². The molecule has 0 bridgehead atoms. The van der Waals surface area contributed by atoms with Crippen LogP contribution in [0.1, 0.15) is 31.2 Å². The predicted octanol–water partition coefficient (Wildman–Crippen LogP) is 3.38. The largest absolute Gasteiger partial charge is 0.317 e. The second kappa shape index (κ2) is 6.31. The number of hydrogen-bond donors (Lipinski definition) is 1. The third-order valence-corrected chi connectivity index (χ3v) is 3.98. The van der Waals surface area contributed by atoms with Gasteiger partial charge in [-0.3, -0.25) is 0 Å². The van der Waals surface area contributed by atoms with Crippen molar-refractivity contribution in [1.82, 2.24) is 5.32 Å². The van der Waals surface area contributed by atoms with Crippen LogP contribution in [-0.2, 0) is 0 Å². The molecule has 0 spiro atoms. The maximum atomic E-state index is 13.8. The number of piperidine rings is 1. The Hall–Kier alpha value is -1.18. The molecule has 1 saturated heterocycles. The van der Waals surface area contributed by atoms with Gasteiger partial charge in [-0.05, 0) is 38.1 Å². The number of nitrogens with one attached hydrogen (secondary N) is 1. The molecule has 19 heavy (non-hydrogen) atoms. The van der Waals surface area contributed by atoms with Crippen LogP contribution in [0.3, 0.4) is 0 Å². The van der Waals surface area contributed by atoms with E-state index in [0.29, 0.717) is 25.9 Å². The van der Waals surface area contributed by atoms with Crippen LogP contribution in [0.15, 0.2) is 18.2 Å². The average Bonchev–Trinajstić information content (AvgIpc) is 2.39. The number of rotatable bonds is 2. The molecule has 0 saturated carbocycles. The Morgan fingerprint density at radius 1 is 1.26 bits per heavy atom. The highest BCUT2D eigenvalue weighted by Crippen LogP contribution is 2.43. The van der Waals surface area contributed by atoms with E-state index in [1.807, 2.05) is 0 Å². The Kier molecular flexibility index (Phi) is 5.28. The molecule has 1 aliphatic heterocycles. The minimum Gasteiger partial charge on any atom is -0.317 e. The van der Waals surface area contributed by atoms with E-state index in [0.717, 1.165) is 0 Å². The summed E-state index contributed by atoms with van der Waals surface area (Å²) >= 11 is 0. The highest BCUT2D eigenvalue weighted by Gasteiger charge is 2.40. The zero-order chi connectivity index (χ0) is 13.2. The standard InChI is InChI=1S/C14H16F2N2.ClH/c1-10(13-11(15)3-2-4-12(13)16)14(9-17)5-7-18-8-6-14;/h2-4,10,18H,5-8H2,1H3;1H. The zero-order valence-electron chi connectivity index (χ0n) is 10.7. The maximum Gasteiger partial charge on any atom is 0.129 e. The number of nitrogens with zero attached hydrogens (tertiary/aromatic N) is 1. The Balaban J connectivity index is 0.00000180. The summed E-state index contributed by atoms with van der Waals surface area (Å²) in [6.45, 7) is 3.18. The van der Waals surface area contributed by atoms with Gasteiger partial charge < -0.3 is 5.32 Å². The molecular formula is C14H17ClF2N2. The van der Waals surface area contributed by atoms with Crippen molar-refractivity contribution < 1.29 is 8.78 Å². The number of nitriles is 1. The lowest BCUT2D eigenvalue weighted by molar-refractivity contribution is 0.232. The van der Waals surface area contributed by atoms with Gasteiger partial charge in [0.2, 0.25) is 0 Å². The molecule has 1 aliphatic rings. The number of halogens is 3. The molecule has 1 aromatic rings. The van der Waals surface area contributed by atoms with E-state index in [4.69, 9.17) is 0 Å². The van der Waals surface area contributed by atoms with E-state index in [2.05, 4.69) is 11.4 Å². The van der Waals surface area contributed by atoms with Crippen LogP contribution in [0.4, 0.5) is 8.78 Å². The summed E-state index contributed by atoms with van der Waals surface area (Å²) in [7, 11) is 0. The molecule has 104 valence electrons. The summed E-state index contributed by atoms with van der Waals surface area (Å²) in [4.78, 5) is 0. The first-order valence-corrected chi connectivity index (χ1v) is 6.16. The molecule has 0 aliphatic carbocycles. The molecule has 1 aromatic carbocycles. The highest BCUT2D eigenvalue weighted by atomic mass is 35.5. The van der Waals surface area contributed by atoms with Crippen molar-refractivity contribution in [1.29, 1.82) is 5.26 Å². The summed E-state index contributed by atoms with van der Waals surface area (Å²) in [5.41, 5.74) is -0.630. The third-order valence-electron chi connectivity index (χ3n) is 3.98. The van der Waals surface area contributed by atoms with Crippen LogP contribution < -0.4 is 5.32 Å². The van der Waals surface area contributed by atoms with Crippen molar-refractivity contribution in [2.24, 2.45) is 5.41 Å². The van der Waals surface area contributed by atoms with E-state index >= 15 is 0 Å². The fraction of sp³-hybridized carbons (Fsp3) is 0.500. The first-order chi connectivity index (χ1) is 8.60. The van der Waals surface area contributed by atoms with Crippen LogP contribution in [0.25, 0.3) is 0 Å². The average molecular weight is 287 g/mol. The van der Waals surface area contributed by atoms with Crippen LogP contribution >= 0.6 is 12.4 Å². The SMILES string of the molecule is CC(c1c(F)cccc1F)C1(C#N)CCNCC1.Cl. The van der Waals surface area contributed by atoms with Crippen LogP contribution in [-0.4, -0.2) is 13.1 Å². The second-order valence-corrected chi connectivity index (χ2v) is 4.87. The molecule has 1 atom stereocenters. The van der Waals surface area contributed by atoms with Gasteiger partial charge >= 0.3 is 0 Å². The van der Waals surface area contributed by atoms with Gasteiger partial charge in [0.25, 0.3) is 0 Å². The molecule has 1 fully saturated rings. The molecule has 2 rings (SSSR count). The quantitative estimate of drug-likeness (QED) is 0.905. The summed E-state index contributed by atoms with van der Waals surface area (Å²) in [5, 5.41) is 12.6. The van der Waals surface area contributed by atoms with E-state index in [1.165, 1.54) is 18.2 Å². The monoisotopic (exact) mass is 286 g/mol. The number of hydrogen-bond acceptors (Lipinski definition) is 2. The fourth-order valence-corrected chi connectivity index (χ4v) is 2.72. The summed E-state index contributed by atoms with van der Waals surface area (Å²) < 4.78 is 27.6. The van der Waals surface area contributed by atoms with Crippen LogP contribution in [0.2, 0.25) is 0 Å². The lowest BCUT2D eigenvalue weighted by Gasteiger charge is -2.36. The molecular weight excluding hydrogens is 270 g/mol. The van der Waals surface area contributed by atoms with Gasteiger partial charge in [-0.25, -0.2) is 8.78 Å². The molecule has 1 heterocycles. The van der Waals surface area contributed by atoms with Crippen molar-refractivity contribution in [3.8, 4) is 6.07 Å². The molecule has 0 amide bonds. The minimum absolute atomic E-state index is 0. The fourth-order valence-electron chi connectivity index (χ4n) is 2.72. The summed E-state index contributed by atoms with van der Waals surface area (Å²) in [5.74, 6) is -1.56. The van der Waals surface area contributed by atoms with Crippen molar-refractivity contribution in [2.45, 2.75) is 25.7 Å². The minimum atomic E-state index is -0.672. The third kappa shape index (κ3) is 2.88. The lowest BCUT2D eigenvalue weighted by atomic mass is 9.68. The van der Waals surface area contributed by atoms with Gasteiger partial charge in [0.15, 0.2) is 0 Å². The van der Waals surface area contributed by atoms with Crippen molar-refractivity contribution in [2.75, 3.05) is 13.1 Å². The van der Waals surface area contributed by atoms with E-state index < -0.39 is 23.0 Å². The van der Waals surface area contributed by atoms with Crippen molar-refractivity contribution in [3.05, 3.63) is 35.4 Å². The molecule has 0 aromatic heterocycles. The molecule has 1 N–H and O–H groups in total. The first kappa shape index (κ1) is 15.9. The topological polar surface area (TPSA) is 35.8 Å². The predicted molar refractivity (Wildman–Crippen MR) is 72.2 cm³/mol. The van der Waals surface area contributed by atoms with Gasteiger partial charge in [-0.15, -0.1) is 12.4 Å². The van der Waals surface area contributed by atoms with Gasteiger partial charge in [-0.1, -0.05) is 13.0 Å². The molecule has 1 unspecified atom stereocenters. The molecule has 0 radical (unpaired) electrons. The Morgan fingerprint density at radius 3 is 2.26 bits per heavy atom. The molecule has 5 heteroatoms. The van der Waals surface area contributed by atoms with E-state index in [9.17, 15) is 14.0 Å². The van der Waals surface area contributed by atoms with E-state index in [1.54, 1.807) is 6.92 Å². The smallest absolute Gasteiger partial charge is 0.129 e.